The number of hydrogen-bond donors (Lipinski definition) is 0. The lowest BCUT2D eigenvalue weighted by Gasteiger charge is -2.21. The summed E-state index contributed by atoms with van der Waals surface area (Å²) in [5.74, 6) is -0.436. The Hall–Kier alpha value is -1.56. The molecule has 3 heteroatoms. The molecule has 16 heavy (non-hydrogen) atoms. The zero-order chi connectivity index (χ0) is 12.4. The maximum Gasteiger partial charge on any atom is 0.327 e. The van der Waals surface area contributed by atoms with Crippen molar-refractivity contribution in [1.29, 1.82) is 5.26 Å². The number of ether oxygens (including phenoxy) is 1. The van der Waals surface area contributed by atoms with Gasteiger partial charge in [0.15, 0.2) is 5.41 Å². The average molecular weight is 221 g/mol. The molecule has 0 fully saturated rings. The van der Waals surface area contributed by atoms with Crippen molar-refractivity contribution in [2.24, 2.45) is 5.41 Å². The van der Waals surface area contributed by atoms with E-state index in [9.17, 15) is 10.1 Å². The largest absolute Gasteiger partial charge is 0.465 e. The van der Waals surface area contributed by atoms with Crippen LogP contribution in [0.4, 0.5) is 0 Å². The van der Waals surface area contributed by atoms with Crippen molar-refractivity contribution in [3.05, 3.63) is 24.3 Å². The van der Waals surface area contributed by atoms with E-state index >= 15 is 0 Å². The Labute approximate surface area is 97.4 Å². The van der Waals surface area contributed by atoms with Crippen LogP contribution in [0.1, 0.15) is 33.6 Å². The molecule has 0 aromatic carbocycles. The van der Waals surface area contributed by atoms with Gasteiger partial charge in [-0.25, -0.2) is 0 Å². The Bertz CT molecular complexity index is 296. The van der Waals surface area contributed by atoms with E-state index in [1.165, 1.54) is 0 Å². The van der Waals surface area contributed by atoms with Crippen molar-refractivity contribution in [3.8, 4) is 6.07 Å². The van der Waals surface area contributed by atoms with Crippen LogP contribution in [0.25, 0.3) is 0 Å². The monoisotopic (exact) mass is 221 g/mol. The molecule has 3 nitrogen and oxygen atoms in total. The summed E-state index contributed by atoms with van der Waals surface area (Å²) < 4.78 is 4.96. The summed E-state index contributed by atoms with van der Waals surface area (Å²) in [5, 5.41) is 9.21. The van der Waals surface area contributed by atoms with Crippen molar-refractivity contribution in [3.63, 3.8) is 0 Å². The highest BCUT2D eigenvalue weighted by Gasteiger charge is 2.38. The van der Waals surface area contributed by atoms with Gasteiger partial charge in [-0.1, -0.05) is 24.3 Å². The Morgan fingerprint density at radius 1 is 1.31 bits per heavy atom. The predicted octanol–water partition coefficient (Wildman–Crippen LogP) is 2.99. The number of carbonyl (C=O) groups excluding carboxylic acids is 1. The van der Waals surface area contributed by atoms with E-state index in [2.05, 4.69) is 6.07 Å². The Balaban J connectivity index is 4.95. The van der Waals surface area contributed by atoms with Gasteiger partial charge in [0.2, 0.25) is 0 Å². The molecule has 0 aromatic heterocycles. The van der Waals surface area contributed by atoms with Gasteiger partial charge in [0, 0.05) is 0 Å². The van der Waals surface area contributed by atoms with Crippen molar-refractivity contribution in [1.82, 2.24) is 0 Å². The van der Waals surface area contributed by atoms with Gasteiger partial charge in [-0.2, -0.15) is 5.26 Å². The summed E-state index contributed by atoms with van der Waals surface area (Å²) in [4.78, 5) is 11.8. The van der Waals surface area contributed by atoms with Crippen molar-refractivity contribution in [2.75, 3.05) is 6.61 Å². The lowest BCUT2D eigenvalue weighted by Crippen LogP contribution is -2.30. The molecule has 0 amide bonds. The third-order valence-corrected chi connectivity index (χ3v) is 2.28. The smallest absolute Gasteiger partial charge is 0.327 e. The van der Waals surface area contributed by atoms with Gasteiger partial charge < -0.3 is 4.74 Å². The first-order valence-electron chi connectivity index (χ1n) is 5.47. The number of rotatable bonds is 6. The van der Waals surface area contributed by atoms with Crippen LogP contribution in [0, 0.1) is 16.7 Å². The molecule has 0 aromatic rings. The number of esters is 1. The second-order valence-electron chi connectivity index (χ2n) is 3.46. The summed E-state index contributed by atoms with van der Waals surface area (Å²) in [6, 6.07) is 2.09. The summed E-state index contributed by atoms with van der Waals surface area (Å²) in [5.41, 5.74) is -1.07. The predicted molar refractivity (Wildman–Crippen MR) is 63.5 cm³/mol. The molecule has 0 spiro atoms. The summed E-state index contributed by atoms with van der Waals surface area (Å²) in [6.45, 7) is 5.77. The summed E-state index contributed by atoms with van der Waals surface area (Å²) in [7, 11) is 0. The minimum absolute atomic E-state index is 0.300. The molecule has 0 heterocycles. The highest BCUT2D eigenvalue weighted by Crippen LogP contribution is 2.29. The quantitative estimate of drug-likeness (QED) is 0.511. The van der Waals surface area contributed by atoms with Crippen molar-refractivity contribution in [2.45, 2.75) is 33.6 Å². The summed E-state index contributed by atoms with van der Waals surface area (Å²) in [6.07, 6.45) is 8.10. The maximum absolute atomic E-state index is 11.8. The van der Waals surface area contributed by atoms with E-state index in [-0.39, 0.29) is 0 Å². The Morgan fingerprint density at radius 2 is 1.81 bits per heavy atom. The number of carbonyl (C=O) groups is 1. The van der Waals surface area contributed by atoms with Crippen molar-refractivity contribution >= 4 is 5.97 Å². The molecule has 0 aliphatic carbocycles. The third kappa shape index (κ3) is 3.90. The normalized spacial score (nSPS) is 11.9. The zero-order valence-corrected chi connectivity index (χ0v) is 10.2. The van der Waals surface area contributed by atoms with Crippen LogP contribution in [0.15, 0.2) is 24.3 Å². The van der Waals surface area contributed by atoms with E-state index in [1.807, 2.05) is 38.2 Å². The van der Waals surface area contributed by atoms with Gasteiger partial charge in [0.05, 0.1) is 12.7 Å². The average Bonchev–Trinajstić information content (AvgIpc) is 2.30. The molecule has 0 aliphatic rings. The highest BCUT2D eigenvalue weighted by atomic mass is 16.5. The van der Waals surface area contributed by atoms with Crippen LogP contribution in [0.5, 0.6) is 0 Å². The standard InChI is InChI=1S/C13H19NO2/c1-4-7-9-13(11-14,10-8-5-2)12(15)16-6-3/h4-5,7-8H,6,9-10H2,1-3H3/b7-4+,8-5+. The van der Waals surface area contributed by atoms with E-state index in [4.69, 9.17) is 4.74 Å². The van der Waals surface area contributed by atoms with Gasteiger partial charge in [-0.05, 0) is 33.6 Å². The molecule has 0 radical (unpaired) electrons. The van der Waals surface area contributed by atoms with Gasteiger partial charge in [-0.3, -0.25) is 4.79 Å². The number of nitrogens with zero attached hydrogens (tertiary/aromatic N) is 1. The molecule has 0 saturated carbocycles. The lowest BCUT2D eigenvalue weighted by atomic mass is 9.82. The Kier molecular flexibility index (Phi) is 6.95. The molecule has 0 saturated heterocycles. The number of hydrogen-bond acceptors (Lipinski definition) is 3. The Morgan fingerprint density at radius 3 is 2.12 bits per heavy atom. The fourth-order valence-electron chi connectivity index (χ4n) is 1.29. The van der Waals surface area contributed by atoms with Crippen LogP contribution < -0.4 is 0 Å². The molecule has 0 unspecified atom stereocenters. The minimum Gasteiger partial charge on any atom is -0.465 e. The molecular weight excluding hydrogens is 202 g/mol. The lowest BCUT2D eigenvalue weighted by molar-refractivity contribution is -0.151. The molecule has 0 bridgehead atoms. The summed E-state index contributed by atoms with van der Waals surface area (Å²) >= 11 is 0. The van der Waals surface area contributed by atoms with Crippen molar-refractivity contribution < 1.29 is 9.53 Å². The van der Waals surface area contributed by atoms with Gasteiger partial charge >= 0.3 is 5.97 Å². The molecular formula is C13H19NO2. The van der Waals surface area contributed by atoms with Gasteiger partial charge in [0.1, 0.15) is 0 Å². The SMILES string of the molecule is C/C=C/CC(C#N)(C/C=C/C)C(=O)OCC. The fraction of sp³-hybridized carbons (Fsp3) is 0.538. The maximum atomic E-state index is 11.8. The molecule has 88 valence electrons. The first kappa shape index (κ1) is 14.4. The van der Waals surface area contributed by atoms with Gasteiger partial charge in [-0.15, -0.1) is 0 Å². The topological polar surface area (TPSA) is 50.1 Å². The van der Waals surface area contributed by atoms with Crippen LogP contribution in [-0.4, -0.2) is 12.6 Å². The highest BCUT2D eigenvalue weighted by molar-refractivity contribution is 5.80. The van der Waals surface area contributed by atoms with E-state index in [1.54, 1.807) is 6.92 Å². The molecule has 0 rings (SSSR count). The first-order chi connectivity index (χ1) is 7.66. The third-order valence-electron chi connectivity index (χ3n) is 2.28. The molecule has 0 aliphatic heterocycles. The number of nitriles is 1. The second kappa shape index (κ2) is 7.70. The van der Waals surface area contributed by atoms with E-state index in [0.717, 1.165) is 0 Å². The second-order valence-corrected chi connectivity index (χ2v) is 3.46. The van der Waals surface area contributed by atoms with Gasteiger partial charge in [0.25, 0.3) is 0 Å². The van der Waals surface area contributed by atoms with E-state index < -0.39 is 11.4 Å². The number of allylic oxidation sites excluding steroid dienone is 4. The van der Waals surface area contributed by atoms with Crippen LogP contribution in [-0.2, 0) is 9.53 Å². The fourth-order valence-corrected chi connectivity index (χ4v) is 1.29. The minimum atomic E-state index is -1.07. The first-order valence-corrected chi connectivity index (χ1v) is 5.47. The zero-order valence-electron chi connectivity index (χ0n) is 10.2. The molecule has 0 atom stereocenters. The van der Waals surface area contributed by atoms with Crippen LogP contribution in [0.2, 0.25) is 0 Å². The van der Waals surface area contributed by atoms with E-state index in [0.29, 0.717) is 19.4 Å². The van der Waals surface area contributed by atoms with Crippen LogP contribution >= 0.6 is 0 Å². The van der Waals surface area contributed by atoms with Crippen LogP contribution in [0.3, 0.4) is 0 Å². The molecule has 0 N–H and O–H groups in total.